The first-order valence-corrected chi connectivity index (χ1v) is 5.59. The molecule has 1 aromatic carbocycles. The molecule has 1 aliphatic rings. The summed E-state index contributed by atoms with van der Waals surface area (Å²) in [5.41, 5.74) is 2.61. The van der Waals surface area contributed by atoms with Crippen LogP contribution < -0.4 is 0 Å². The molecule has 2 rings (SSSR count). The van der Waals surface area contributed by atoms with E-state index in [4.69, 9.17) is 11.6 Å². The predicted octanol–water partition coefficient (Wildman–Crippen LogP) is 4.55. The molecule has 1 aromatic rings. The van der Waals surface area contributed by atoms with E-state index in [1.54, 1.807) is 0 Å². The summed E-state index contributed by atoms with van der Waals surface area (Å²) in [5, 5.41) is 0.889. The molecule has 14 heavy (non-hydrogen) atoms. The van der Waals surface area contributed by atoms with Crippen LogP contribution in [-0.2, 0) is 0 Å². The molecule has 0 nitrogen and oxygen atoms in total. The highest BCUT2D eigenvalue weighted by atomic mass is 35.5. The topological polar surface area (TPSA) is 0 Å². The van der Waals surface area contributed by atoms with Crippen molar-refractivity contribution in [3.63, 3.8) is 0 Å². The van der Waals surface area contributed by atoms with Crippen LogP contribution in [0.1, 0.15) is 37.2 Å². The molecule has 0 radical (unpaired) electrons. The second-order valence-electron chi connectivity index (χ2n) is 3.98. The molecule has 0 N–H and O–H groups in total. The Morgan fingerprint density at radius 3 is 2.71 bits per heavy atom. The van der Waals surface area contributed by atoms with Crippen LogP contribution in [0, 0.1) is 0 Å². The SMILES string of the molecule is C=C1CCCCC1c1ccccc1Cl. The predicted molar refractivity (Wildman–Crippen MR) is 61.8 cm³/mol. The molecule has 1 heteroatoms. The number of benzene rings is 1. The van der Waals surface area contributed by atoms with E-state index in [9.17, 15) is 0 Å². The Bertz CT molecular complexity index is 341. The van der Waals surface area contributed by atoms with E-state index in [2.05, 4.69) is 18.7 Å². The zero-order valence-corrected chi connectivity index (χ0v) is 9.06. The zero-order valence-electron chi connectivity index (χ0n) is 8.30. The van der Waals surface area contributed by atoms with Crippen LogP contribution in [0.15, 0.2) is 36.4 Å². The van der Waals surface area contributed by atoms with E-state index in [-0.39, 0.29) is 0 Å². The molecule has 0 spiro atoms. The first-order chi connectivity index (χ1) is 6.79. The summed E-state index contributed by atoms with van der Waals surface area (Å²) in [6.07, 6.45) is 4.97. The Kier molecular flexibility index (Phi) is 2.93. The zero-order chi connectivity index (χ0) is 9.97. The van der Waals surface area contributed by atoms with Gasteiger partial charge in [0.1, 0.15) is 0 Å². The molecule has 1 unspecified atom stereocenters. The number of halogens is 1. The van der Waals surface area contributed by atoms with Gasteiger partial charge < -0.3 is 0 Å². The molecular weight excluding hydrogens is 192 g/mol. The molecule has 1 fully saturated rings. The van der Waals surface area contributed by atoms with E-state index in [1.807, 2.05) is 12.1 Å². The van der Waals surface area contributed by atoms with E-state index < -0.39 is 0 Å². The van der Waals surface area contributed by atoms with Crippen molar-refractivity contribution in [3.05, 3.63) is 47.0 Å². The van der Waals surface area contributed by atoms with Crippen molar-refractivity contribution in [2.75, 3.05) is 0 Å². The molecule has 1 atom stereocenters. The maximum absolute atomic E-state index is 6.18. The third-order valence-corrected chi connectivity index (χ3v) is 3.36. The first kappa shape index (κ1) is 9.79. The van der Waals surface area contributed by atoms with Gasteiger partial charge in [-0.3, -0.25) is 0 Å². The molecule has 1 aliphatic carbocycles. The number of hydrogen-bond donors (Lipinski definition) is 0. The molecular formula is C13H15Cl. The summed E-state index contributed by atoms with van der Waals surface area (Å²) in [6.45, 7) is 4.15. The maximum Gasteiger partial charge on any atom is 0.0444 e. The summed E-state index contributed by atoms with van der Waals surface area (Å²) in [6, 6.07) is 8.14. The quantitative estimate of drug-likeness (QED) is 0.592. The molecule has 0 saturated heterocycles. The van der Waals surface area contributed by atoms with Crippen molar-refractivity contribution in [1.29, 1.82) is 0 Å². The van der Waals surface area contributed by atoms with Crippen LogP contribution in [0.3, 0.4) is 0 Å². The minimum absolute atomic E-state index is 0.498. The number of hydrogen-bond acceptors (Lipinski definition) is 0. The van der Waals surface area contributed by atoms with Crippen molar-refractivity contribution in [2.24, 2.45) is 0 Å². The molecule has 0 bridgehead atoms. The lowest BCUT2D eigenvalue weighted by Crippen LogP contribution is -2.07. The van der Waals surface area contributed by atoms with Crippen molar-refractivity contribution in [3.8, 4) is 0 Å². The third kappa shape index (κ3) is 1.85. The van der Waals surface area contributed by atoms with Gasteiger partial charge >= 0.3 is 0 Å². The average molecular weight is 207 g/mol. The summed E-state index contributed by atoms with van der Waals surface area (Å²) in [5.74, 6) is 0.498. The van der Waals surface area contributed by atoms with E-state index in [0.717, 1.165) is 11.4 Å². The standard InChI is InChI=1S/C13H15Cl/c1-10-6-2-3-7-11(10)12-8-4-5-9-13(12)14/h4-5,8-9,11H,1-3,6-7H2. The van der Waals surface area contributed by atoms with E-state index >= 15 is 0 Å². The van der Waals surface area contributed by atoms with Gasteiger partial charge in [0.05, 0.1) is 0 Å². The molecule has 0 heterocycles. The fourth-order valence-electron chi connectivity index (χ4n) is 2.21. The van der Waals surface area contributed by atoms with Gasteiger partial charge in [0.15, 0.2) is 0 Å². The Labute approximate surface area is 90.6 Å². The molecule has 74 valence electrons. The highest BCUT2D eigenvalue weighted by molar-refractivity contribution is 6.31. The molecule has 0 amide bonds. The summed E-state index contributed by atoms with van der Waals surface area (Å²) in [7, 11) is 0. The van der Waals surface area contributed by atoms with Crippen molar-refractivity contribution in [2.45, 2.75) is 31.6 Å². The Hall–Kier alpha value is -0.750. The lowest BCUT2D eigenvalue weighted by atomic mass is 9.81. The van der Waals surface area contributed by atoms with E-state index in [0.29, 0.717) is 5.92 Å². The highest BCUT2D eigenvalue weighted by Crippen LogP contribution is 2.38. The largest absolute Gasteiger partial charge is 0.0992 e. The number of allylic oxidation sites excluding steroid dienone is 1. The van der Waals surface area contributed by atoms with Gasteiger partial charge in [0, 0.05) is 10.9 Å². The fraction of sp³-hybridized carbons (Fsp3) is 0.385. The van der Waals surface area contributed by atoms with Crippen LogP contribution in [0.4, 0.5) is 0 Å². The van der Waals surface area contributed by atoms with Gasteiger partial charge in [0.2, 0.25) is 0 Å². The average Bonchev–Trinajstić information content (AvgIpc) is 2.20. The maximum atomic E-state index is 6.18. The monoisotopic (exact) mass is 206 g/mol. The second kappa shape index (κ2) is 4.18. The van der Waals surface area contributed by atoms with Crippen LogP contribution in [0.25, 0.3) is 0 Å². The van der Waals surface area contributed by atoms with Gasteiger partial charge in [-0.2, -0.15) is 0 Å². The Morgan fingerprint density at radius 2 is 2.00 bits per heavy atom. The van der Waals surface area contributed by atoms with Crippen molar-refractivity contribution >= 4 is 11.6 Å². The minimum atomic E-state index is 0.498. The first-order valence-electron chi connectivity index (χ1n) is 5.21. The van der Waals surface area contributed by atoms with Crippen LogP contribution >= 0.6 is 11.6 Å². The molecule has 0 aromatic heterocycles. The molecule has 0 aliphatic heterocycles. The van der Waals surface area contributed by atoms with Crippen LogP contribution in [-0.4, -0.2) is 0 Å². The number of rotatable bonds is 1. The van der Waals surface area contributed by atoms with Gasteiger partial charge in [-0.15, -0.1) is 0 Å². The molecule has 1 saturated carbocycles. The third-order valence-electron chi connectivity index (χ3n) is 3.01. The lowest BCUT2D eigenvalue weighted by Gasteiger charge is -2.25. The summed E-state index contributed by atoms with van der Waals surface area (Å²) >= 11 is 6.18. The van der Waals surface area contributed by atoms with Gasteiger partial charge in [-0.1, -0.05) is 48.4 Å². The normalized spacial score (nSPS) is 22.4. The van der Waals surface area contributed by atoms with Crippen molar-refractivity contribution < 1.29 is 0 Å². The van der Waals surface area contributed by atoms with E-state index in [1.165, 1.54) is 30.4 Å². The lowest BCUT2D eigenvalue weighted by molar-refractivity contribution is 0.543. The minimum Gasteiger partial charge on any atom is -0.0992 e. The summed E-state index contributed by atoms with van der Waals surface area (Å²) in [4.78, 5) is 0. The van der Waals surface area contributed by atoms with Gasteiger partial charge in [0.25, 0.3) is 0 Å². The van der Waals surface area contributed by atoms with Crippen LogP contribution in [0.2, 0.25) is 5.02 Å². The highest BCUT2D eigenvalue weighted by Gasteiger charge is 2.20. The summed E-state index contributed by atoms with van der Waals surface area (Å²) < 4.78 is 0. The Balaban J connectivity index is 2.29. The Morgan fingerprint density at radius 1 is 1.21 bits per heavy atom. The smallest absolute Gasteiger partial charge is 0.0444 e. The van der Waals surface area contributed by atoms with Gasteiger partial charge in [-0.25, -0.2) is 0 Å². The second-order valence-corrected chi connectivity index (χ2v) is 4.39. The van der Waals surface area contributed by atoms with Crippen molar-refractivity contribution in [1.82, 2.24) is 0 Å². The van der Waals surface area contributed by atoms with Gasteiger partial charge in [-0.05, 0) is 30.9 Å². The fourth-order valence-corrected chi connectivity index (χ4v) is 2.48. The van der Waals surface area contributed by atoms with Crippen LogP contribution in [0.5, 0.6) is 0 Å².